The molecule has 1 aliphatic rings. The lowest BCUT2D eigenvalue weighted by molar-refractivity contribution is 0.100. The van der Waals surface area contributed by atoms with Gasteiger partial charge in [0.15, 0.2) is 11.6 Å². The lowest BCUT2D eigenvalue weighted by atomic mass is 9.98. The fourth-order valence-corrected chi connectivity index (χ4v) is 6.45. The number of aryl methyl sites for hydroxylation is 1. The van der Waals surface area contributed by atoms with E-state index in [2.05, 4.69) is 34.4 Å². The number of hydrogen-bond acceptors (Lipinski definition) is 5. The predicted octanol–water partition coefficient (Wildman–Crippen LogP) is 6.57. The topological polar surface area (TPSA) is 97.1 Å². The second-order valence-corrected chi connectivity index (χ2v) is 11.8. The number of fused-ring (bicyclic) bond motifs is 1. The Kier molecular flexibility index (Phi) is 9.56. The SMILES string of the molecule is CCCc1c(CC)nc(C(=O)Nc2cccc(-c3cccc(NC(=O)c4nc5c(n4C)CCN(CCC)C5)c3C)c2Cl)n1C. The molecule has 0 aliphatic carbocycles. The highest BCUT2D eigenvalue weighted by Crippen LogP contribution is 2.37. The van der Waals surface area contributed by atoms with Crippen LogP contribution in [0.4, 0.5) is 11.4 Å². The summed E-state index contributed by atoms with van der Waals surface area (Å²) in [6.45, 7) is 11.1. The van der Waals surface area contributed by atoms with E-state index in [1.54, 1.807) is 6.07 Å². The average molecular weight is 616 g/mol. The molecule has 232 valence electrons. The summed E-state index contributed by atoms with van der Waals surface area (Å²) in [5.41, 5.74) is 7.77. The summed E-state index contributed by atoms with van der Waals surface area (Å²) in [5, 5.41) is 6.47. The maximum atomic E-state index is 13.5. The Morgan fingerprint density at radius 1 is 0.886 bits per heavy atom. The van der Waals surface area contributed by atoms with Crippen LogP contribution in [-0.4, -0.2) is 48.9 Å². The van der Waals surface area contributed by atoms with E-state index < -0.39 is 0 Å². The standard InChI is InChI=1S/C34H42ClN7O2/c1-7-12-28-24(9-3)36-31(40(28)5)34(44)39-26-16-11-14-23(30(26)35)22-13-10-15-25(21(22)4)38-33(43)32-37-27-20-42(18-8-2)19-17-29(27)41(32)6/h10-11,13-16H,7-9,12,17-20H2,1-6H3,(H,38,43)(H,39,44). The molecule has 4 aromatic rings. The summed E-state index contributed by atoms with van der Waals surface area (Å²) in [7, 11) is 3.80. The third-order valence-corrected chi connectivity index (χ3v) is 8.93. The Labute approximate surface area is 264 Å². The van der Waals surface area contributed by atoms with Gasteiger partial charge in [-0.05, 0) is 56.0 Å². The number of halogens is 1. The Morgan fingerprint density at radius 2 is 1.55 bits per heavy atom. The molecule has 10 heteroatoms. The van der Waals surface area contributed by atoms with Crippen molar-refractivity contribution in [3.05, 3.63) is 81.4 Å². The van der Waals surface area contributed by atoms with Crippen LogP contribution in [0.1, 0.15) is 83.2 Å². The molecule has 3 heterocycles. The van der Waals surface area contributed by atoms with Gasteiger partial charge in [0.25, 0.3) is 11.8 Å². The first kappa shape index (κ1) is 31.5. The minimum Gasteiger partial charge on any atom is -0.327 e. The van der Waals surface area contributed by atoms with Crippen LogP contribution in [0.3, 0.4) is 0 Å². The van der Waals surface area contributed by atoms with Gasteiger partial charge in [-0.3, -0.25) is 14.5 Å². The first-order valence-electron chi connectivity index (χ1n) is 15.5. The highest BCUT2D eigenvalue weighted by molar-refractivity contribution is 6.36. The van der Waals surface area contributed by atoms with E-state index in [9.17, 15) is 9.59 Å². The van der Waals surface area contributed by atoms with Crippen LogP contribution < -0.4 is 10.6 Å². The molecule has 1 aliphatic heterocycles. The summed E-state index contributed by atoms with van der Waals surface area (Å²) in [6.07, 6.45) is 4.57. The van der Waals surface area contributed by atoms with E-state index in [0.717, 1.165) is 91.2 Å². The van der Waals surface area contributed by atoms with Gasteiger partial charge in [0.1, 0.15) is 0 Å². The quantitative estimate of drug-likeness (QED) is 0.210. The first-order chi connectivity index (χ1) is 21.2. The van der Waals surface area contributed by atoms with Gasteiger partial charge in [-0.2, -0.15) is 0 Å². The van der Waals surface area contributed by atoms with Crippen molar-refractivity contribution in [2.75, 3.05) is 23.7 Å². The number of aromatic nitrogens is 4. The summed E-state index contributed by atoms with van der Waals surface area (Å²) >= 11 is 6.92. The summed E-state index contributed by atoms with van der Waals surface area (Å²) < 4.78 is 3.80. The number of nitrogens with zero attached hydrogens (tertiary/aromatic N) is 5. The Hall–Kier alpha value is -3.95. The fourth-order valence-electron chi connectivity index (χ4n) is 6.17. The second kappa shape index (κ2) is 13.4. The molecule has 44 heavy (non-hydrogen) atoms. The number of amides is 2. The highest BCUT2D eigenvalue weighted by atomic mass is 35.5. The molecule has 5 rings (SSSR count). The number of carbonyl (C=O) groups excluding carboxylic acids is 2. The summed E-state index contributed by atoms with van der Waals surface area (Å²) in [5.74, 6) is 0.211. The molecule has 2 amide bonds. The van der Waals surface area contributed by atoms with Gasteiger partial charge in [0.2, 0.25) is 0 Å². The lowest BCUT2D eigenvalue weighted by Crippen LogP contribution is -2.31. The minimum atomic E-state index is -0.308. The second-order valence-electron chi connectivity index (χ2n) is 11.5. The van der Waals surface area contributed by atoms with E-state index in [1.807, 2.05) is 67.4 Å². The zero-order valence-corrected chi connectivity index (χ0v) is 27.3. The van der Waals surface area contributed by atoms with Crippen molar-refractivity contribution in [1.29, 1.82) is 0 Å². The number of anilines is 2. The van der Waals surface area contributed by atoms with E-state index >= 15 is 0 Å². The fraction of sp³-hybridized carbons (Fsp3) is 0.412. The Balaban J connectivity index is 1.38. The van der Waals surface area contributed by atoms with Crippen molar-refractivity contribution in [3.63, 3.8) is 0 Å². The monoisotopic (exact) mass is 615 g/mol. The van der Waals surface area contributed by atoms with Crippen molar-refractivity contribution in [2.24, 2.45) is 14.1 Å². The molecule has 0 unspecified atom stereocenters. The third-order valence-electron chi connectivity index (χ3n) is 8.52. The van der Waals surface area contributed by atoms with Crippen LogP contribution in [-0.2, 0) is 39.9 Å². The van der Waals surface area contributed by atoms with Gasteiger partial charge >= 0.3 is 0 Å². The number of carbonyl (C=O) groups is 2. The number of hydrogen-bond donors (Lipinski definition) is 2. The van der Waals surface area contributed by atoms with Gasteiger partial charge in [0, 0.05) is 56.2 Å². The van der Waals surface area contributed by atoms with Crippen LogP contribution in [0.25, 0.3) is 11.1 Å². The van der Waals surface area contributed by atoms with Crippen LogP contribution >= 0.6 is 11.6 Å². The molecular weight excluding hydrogens is 574 g/mol. The van der Waals surface area contributed by atoms with E-state index in [4.69, 9.17) is 16.6 Å². The van der Waals surface area contributed by atoms with Gasteiger partial charge in [-0.15, -0.1) is 0 Å². The third kappa shape index (κ3) is 6.03. The van der Waals surface area contributed by atoms with Crippen molar-refractivity contribution >= 4 is 34.8 Å². The van der Waals surface area contributed by atoms with Crippen LogP contribution in [0.2, 0.25) is 5.02 Å². The number of rotatable bonds is 10. The van der Waals surface area contributed by atoms with Gasteiger partial charge in [-0.25, -0.2) is 9.97 Å². The van der Waals surface area contributed by atoms with Gasteiger partial charge < -0.3 is 19.8 Å². The molecule has 0 saturated heterocycles. The largest absolute Gasteiger partial charge is 0.327 e. The Bertz CT molecular complexity index is 1700. The number of imidazole rings is 2. The summed E-state index contributed by atoms with van der Waals surface area (Å²) in [4.78, 5) is 38.5. The smallest absolute Gasteiger partial charge is 0.291 e. The zero-order chi connectivity index (χ0) is 31.5. The van der Waals surface area contributed by atoms with Crippen molar-refractivity contribution in [1.82, 2.24) is 24.0 Å². The molecule has 0 atom stereocenters. The van der Waals surface area contributed by atoms with Gasteiger partial charge in [0.05, 0.1) is 22.1 Å². The molecule has 9 nitrogen and oxygen atoms in total. The van der Waals surface area contributed by atoms with E-state index in [0.29, 0.717) is 28.0 Å². The average Bonchev–Trinajstić information content (AvgIpc) is 3.51. The zero-order valence-electron chi connectivity index (χ0n) is 26.6. The molecular formula is C34H42ClN7O2. The molecule has 2 aromatic heterocycles. The highest BCUT2D eigenvalue weighted by Gasteiger charge is 2.26. The normalized spacial score (nSPS) is 13.2. The van der Waals surface area contributed by atoms with Crippen LogP contribution in [0, 0.1) is 6.92 Å². The van der Waals surface area contributed by atoms with Crippen molar-refractivity contribution < 1.29 is 9.59 Å². The van der Waals surface area contributed by atoms with Crippen LogP contribution in [0.15, 0.2) is 36.4 Å². The molecule has 0 radical (unpaired) electrons. The van der Waals surface area contributed by atoms with E-state index in [-0.39, 0.29) is 11.8 Å². The summed E-state index contributed by atoms with van der Waals surface area (Å²) in [6, 6.07) is 11.3. The first-order valence-corrected chi connectivity index (χ1v) is 15.9. The molecule has 0 spiro atoms. The maximum absolute atomic E-state index is 13.5. The molecule has 0 bridgehead atoms. The van der Waals surface area contributed by atoms with Gasteiger partial charge in [-0.1, -0.05) is 63.1 Å². The van der Waals surface area contributed by atoms with E-state index in [1.165, 1.54) is 0 Å². The molecule has 0 saturated carbocycles. The van der Waals surface area contributed by atoms with Crippen LogP contribution in [0.5, 0.6) is 0 Å². The number of nitrogens with one attached hydrogen (secondary N) is 2. The van der Waals surface area contributed by atoms with Crippen molar-refractivity contribution in [3.8, 4) is 11.1 Å². The predicted molar refractivity (Wildman–Crippen MR) is 177 cm³/mol. The molecule has 2 N–H and O–H groups in total. The molecule has 0 fully saturated rings. The number of benzene rings is 2. The molecule has 2 aromatic carbocycles. The maximum Gasteiger partial charge on any atom is 0.291 e. The lowest BCUT2D eigenvalue weighted by Gasteiger charge is -2.25. The van der Waals surface area contributed by atoms with Crippen molar-refractivity contribution in [2.45, 2.75) is 66.3 Å². The Morgan fingerprint density at radius 3 is 2.23 bits per heavy atom. The minimum absolute atomic E-state index is 0.250.